The van der Waals surface area contributed by atoms with E-state index in [0.29, 0.717) is 5.02 Å². The van der Waals surface area contributed by atoms with Crippen LogP contribution in [-0.2, 0) is 0 Å². The molecule has 3 rings (SSSR count). The minimum atomic E-state index is -0.409. The standard InChI is InChI=1S/C15H12ClN3O2/c16-12-3-1-2-11(8-12)15-9-14(17-18-15)10-4-6-13(7-5-10)19(20)21/h1-8,15,18H,9H2. The maximum absolute atomic E-state index is 10.7. The van der Waals surface area contributed by atoms with Crippen molar-refractivity contribution in [2.75, 3.05) is 0 Å². The fourth-order valence-electron chi connectivity index (χ4n) is 2.31. The summed E-state index contributed by atoms with van der Waals surface area (Å²) in [6.07, 6.45) is 0.720. The highest BCUT2D eigenvalue weighted by Gasteiger charge is 2.21. The molecule has 1 unspecified atom stereocenters. The van der Waals surface area contributed by atoms with Crippen molar-refractivity contribution in [3.05, 3.63) is 74.8 Å². The van der Waals surface area contributed by atoms with Gasteiger partial charge in [0.05, 0.1) is 16.7 Å². The van der Waals surface area contributed by atoms with Crippen LogP contribution in [0.15, 0.2) is 53.6 Å². The predicted molar refractivity (Wildman–Crippen MR) is 81.6 cm³/mol. The second-order valence-corrected chi connectivity index (χ2v) is 5.24. The largest absolute Gasteiger partial charge is 0.302 e. The second-order valence-electron chi connectivity index (χ2n) is 4.80. The number of nitro benzene ring substituents is 1. The second kappa shape index (κ2) is 5.54. The van der Waals surface area contributed by atoms with Crippen molar-refractivity contribution in [3.63, 3.8) is 0 Å². The van der Waals surface area contributed by atoms with Crippen molar-refractivity contribution in [1.29, 1.82) is 0 Å². The molecule has 0 fully saturated rings. The van der Waals surface area contributed by atoms with Crippen LogP contribution in [0.5, 0.6) is 0 Å². The van der Waals surface area contributed by atoms with Crippen molar-refractivity contribution in [2.45, 2.75) is 12.5 Å². The summed E-state index contributed by atoms with van der Waals surface area (Å²) >= 11 is 5.99. The van der Waals surface area contributed by atoms with Gasteiger partial charge in [-0.1, -0.05) is 23.7 Å². The van der Waals surface area contributed by atoms with Crippen LogP contribution >= 0.6 is 11.6 Å². The quantitative estimate of drug-likeness (QED) is 0.694. The molecule has 0 amide bonds. The van der Waals surface area contributed by atoms with Crippen LogP contribution in [0.4, 0.5) is 5.69 Å². The van der Waals surface area contributed by atoms with E-state index in [1.807, 2.05) is 24.3 Å². The van der Waals surface area contributed by atoms with Crippen LogP contribution in [0, 0.1) is 10.1 Å². The summed E-state index contributed by atoms with van der Waals surface area (Å²) in [5.74, 6) is 0. The molecule has 1 aliphatic heterocycles. The number of halogens is 1. The van der Waals surface area contributed by atoms with E-state index >= 15 is 0 Å². The zero-order valence-corrected chi connectivity index (χ0v) is 11.7. The third-order valence-electron chi connectivity index (χ3n) is 3.42. The SMILES string of the molecule is O=[N+]([O-])c1ccc(C2=NNC(c3cccc(Cl)c3)C2)cc1. The maximum Gasteiger partial charge on any atom is 0.269 e. The molecule has 0 aromatic heterocycles. The Balaban J connectivity index is 1.76. The molecule has 6 heteroatoms. The molecule has 2 aromatic carbocycles. The summed E-state index contributed by atoms with van der Waals surface area (Å²) < 4.78 is 0. The normalized spacial score (nSPS) is 17.2. The molecule has 0 bridgehead atoms. The average molecular weight is 302 g/mol. The van der Waals surface area contributed by atoms with Crippen molar-refractivity contribution in [3.8, 4) is 0 Å². The van der Waals surface area contributed by atoms with Gasteiger partial charge in [-0.25, -0.2) is 0 Å². The lowest BCUT2D eigenvalue weighted by atomic mass is 9.99. The zero-order valence-electron chi connectivity index (χ0n) is 11.0. The summed E-state index contributed by atoms with van der Waals surface area (Å²) in [5, 5.41) is 15.7. The number of nitrogens with zero attached hydrogens (tertiary/aromatic N) is 2. The lowest BCUT2D eigenvalue weighted by Crippen LogP contribution is -2.09. The fourth-order valence-corrected chi connectivity index (χ4v) is 2.51. The van der Waals surface area contributed by atoms with Gasteiger partial charge in [-0.05, 0) is 35.4 Å². The molecular formula is C15H12ClN3O2. The van der Waals surface area contributed by atoms with Crippen molar-refractivity contribution in [2.24, 2.45) is 5.10 Å². The Labute approximate surface area is 126 Å². The number of benzene rings is 2. The van der Waals surface area contributed by atoms with E-state index in [-0.39, 0.29) is 11.7 Å². The van der Waals surface area contributed by atoms with Gasteiger partial charge in [0.15, 0.2) is 0 Å². The van der Waals surface area contributed by atoms with Gasteiger partial charge in [0.1, 0.15) is 0 Å². The zero-order chi connectivity index (χ0) is 14.8. The van der Waals surface area contributed by atoms with E-state index < -0.39 is 4.92 Å². The number of hydrazone groups is 1. The van der Waals surface area contributed by atoms with Crippen LogP contribution in [0.25, 0.3) is 0 Å². The lowest BCUT2D eigenvalue weighted by molar-refractivity contribution is -0.384. The molecule has 106 valence electrons. The topological polar surface area (TPSA) is 67.5 Å². The average Bonchev–Trinajstić information content (AvgIpc) is 2.97. The molecule has 1 aliphatic rings. The van der Waals surface area contributed by atoms with Crippen LogP contribution in [0.3, 0.4) is 0 Å². The summed E-state index contributed by atoms with van der Waals surface area (Å²) in [6, 6.07) is 14.1. The number of nitro groups is 1. The van der Waals surface area contributed by atoms with Crippen LogP contribution in [0.2, 0.25) is 5.02 Å². The smallest absolute Gasteiger partial charge is 0.269 e. The van der Waals surface area contributed by atoms with Crippen molar-refractivity contribution in [1.82, 2.24) is 5.43 Å². The van der Waals surface area contributed by atoms with Gasteiger partial charge >= 0.3 is 0 Å². The third kappa shape index (κ3) is 2.87. The minimum Gasteiger partial charge on any atom is -0.302 e. The third-order valence-corrected chi connectivity index (χ3v) is 3.65. The molecule has 2 aromatic rings. The number of non-ortho nitro benzene ring substituents is 1. The molecule has 1 heterocycles. The van der Waals surface area contributed by atoms with E-state index in [1.165, 1.54) is 12.1 Å². The summed E-state index contributed by atoms with van der Waals surface area (Å²) in [6.45, 7) is 0. The number of nitrogens with one attached hydrogen (secondary N) is 1. The van der Waals surface area contributed by atoms with Gasteiger partial charge < -0.3 is 5.43 Å². The van der Waals surface area contributed by atoms with E-state index in [4.69, 9.17) is 11.6 Å². The maximum atomic E-state index is 10.7. The molecule has 0 saturated heterocycles. The van der Waals surface area contributed by atoms with Gasteiger partial charge in [0, 0.05) is 23.6 Å². The molecule has 1 atom stereocenters. The number of hydrogen-bond donors (Lipinski definition) is 1. The van der Waals surface area contributed by atoms with Crippen molar-refractivity contribution >= 4 is 23.0 Å². The summed E-state index contributed by atoms with van der Waals surface area (Å²) in [5.41, 5.74) is 6.00. The highest BCUT2D eigenvalue weighted by Crippen LogP contribution is 2.26. The van der Waals surface area contributed by atoms with Crippen LogP contribution in [-0.4, -0.2) is 10.6 Å². The summed E-state index contributed by atoms with van der Waals surface area (Å²) in [7, 11) is 0. The van der Waals surface area contributed by atoms with Gasteiger partial charge in [0.2, 0.25) is 0 Å². The minimum absolute atomic E-state index is 0.0777. The van der Waals surface area contributed by atoms with Gasteiger partial charge in [-0.3, -0.25) is 10.1 Å². The molecular weight excluding hydrogens is 290 g/mol. The van der Waals surface area contributed by atoms with E-state index in [1.54, 1.807) is 12.1 Å². The molecule has 0 spiro atoms. The highest BCUT2D eigenvalue weighted by molar-refractivity contribution is 6.30. The number of rotatable bonds is 3. The Morgan fingerprint density at radius 2 is 2.00 bits per heavy atom. The Bertz CT molecular complexity index is 713. The highest BCUT2D eigenvalue weighted by atomic mass is 35.5. The molecule has 0 saturated carbocycles. The Morgan fingerprint density at radius 1 is 1.24 bits per heavy atom. The molecule has 1 N–H and O–H groups in total. The van der Waals surface area contributed by atoms with Crippen molar-refractivity contribution < 1.29 is 4.92 Å². The molecule has 21 heavy (non-hydrogen) atoms. The monoisotopic (exact) mass is 301 g/mol. The first kappa shape index (κ1) is 13.6. The van der Waals surface area contributed by atoms with Gasteiger partial charge in [0.25, 0.3) is 5.69 Å². The van der Waals surface area contributed by atoms with E-state index in [2.05, 4.69) is 10.5 Å². The Kier molecular flexibility index (Phi) is 3.58. The lowest BCUT2D eigenvalue weighted by Gasteiger charge is -2.10. The first-order chi connectivity index (χ1) is 10.1. The fraction of sp³-hybridized carbons (Fsp3) is 0.133. The first-order valence-corrected chi connectivity index (χ1v) is 6.83. The number of hydrogen-bond acceptors (Lipinski definition) is 4. The van der Waals surface area contributed by atoms with Crippen LogP contribution < -0.4 is 5.43 Å². The van der Waals surface area contributed by atoms with E-state index in [0.717, 1.165) is 23.3 Å². The Morgan fingerprint density at radius 3 is 2.67 bits per heavy atom. The Hall–Kier alpha value is -2.40. The van der Waals surface area contributed by atoms with E-state index in [9.17, 15) is 10.1 Å². The molecule has 0 aliphatic carbocycles. The van der Waals surface area contributed by atoms with Gasteiger partial charge in [-0.2, -0.15) is 5.10 Å². The van der Waals surface area contributed by atoms with Gasteiger partial charge in [-0.15, -0.1) is 0 Å². The predicted octanol–water partition coefficient (Wildman–Crippen LogP) is 3.69. The van der Waals surface area contributed by atoms with Crippen LogP contribution in [0.1, 0.15) is 23.6 Å². The summed E-state index contributed by atoms with van der Waals surface area (Å²) in [4.78, 5) is 10.2. The molecule has 0 radical (unpaired) electrons. The first-order valence-electron chi connectivity index (χ1n) is 6.46. The molecule has 5 nitrogen and oxygen atoms in total.